The summed E-state index contributed by atoms with van der Waals surface area (Å²) in [5.41, 5.74) is 0. The minimum Gasteiger partial charge on any atom is -0.366 e. The normalized spacial score (nSPS) is 23.9. The van der Waals surface area contributed by atoms with E-state index < -0.39 is 6.10 Å². The van der Waals surface area contributed by atoms with Crippen LogP contribution in [-0.2, 0) is 4.74 Å². The molecular weight excluding hydrogens is 143 g/mol. The quantitative estimate of drug-likeness (QED) is 0.565. The van der Waals surface area contributed by atoms with Gasteiger partial charge in [-0.3, -0.25) is 0 Å². The lowest BCUT2D eigenvalue weighted by Gasteiger charge is -2.15. The molecule has 0 aliphatic heterocycles. The summed E-state index contributed by atoms with van der Waals surface area (Å²) in [5, 5.41) is 0. The van der Waals surface area contributed by atoms with E-state index in [0.29, 0.717) is 6.61 Å². The predicted octanol–water partition coefficient (Wildman–Crippen LogP) is 2.19. The molecule has 1 nitrogen and oxygen atoms in total. The smallest absolute Gasteiger partial charge is 0.199 e. The van der Waals surface area contributed by atoms with Crippen molar-refractivity contribution in [3.05, 3.63) is 43.1 Å². The van der Waals surface area contributed by atoms with Crippen LogP contribution in [0.2, 0.25) is 0 Å². The molecule has 0 saturated carbocycles. The lowest BCUT2D eigenvalue weighted by Crippen LogP contribution is -2.16. The Kier molecular flexibility index (Phi) is 3.05. The van der Waals surface area contributed by atoms with Crippen molar-refractivity contribution in [1.29, 1.82) is 0 Å². The highest BCUT2D eigenvalue weighted by atomic mass is 19.1. The van der Waals surface area contributed by atoms with Gasteiger partial charge in [0.2, 0.25) is 0 Å². The molecule has 2 heteroatoms. The number of allylic oxidation sites excluding steroid dienone is 2. The van der Waals surface area contributed by atoms with Gasteiger partial charge in [-0.05, 0) is 6.08 Å². The van der Waals surface area contributed by atoms with Crippen LogP contribution < -0.4 is 0 Å². The summed E-state index contributed by atoms with van der Waals surface area (Å²) in [7, 11) is 0. The summed E-state index contributed by atoms with van der Waals surface area (Å²) < 4.78 is 17.9. The van der Waals surface area contributed by atoms with E-state index in [1.165, 1.54) is 6.08 Å². The molecule has 59 valence electrons. The zero-order valence-electron chi connectivity index (χ0n) is 6.16. The SMILES string of the molecule is C=CCOC1C=CC=C[C]1F. The van der Waals surface area contributed by atoms with E-state index in [9.17, 15) is 4.39 Å². The molecule has 0 amide bonds. The van der Waals surface area contributed by atoms with E-state index in [-0.39, 0.29) is 6.17 Å². The van der Waals surface area contributed by atoms with Crippen molar-refractivity contribution in [2.45, 2.75) is 6.10 Å². The first-order valence-electron chi connectivity index (χ1n) is 3.44. The Hall–Kier alpha value is -0.890. The molecule has 0 spiro atoms. The van der Waals surface area contributed by atoms with E-state index >= 15 is 0 Å². The van der Waals surface area contributed by atoms with Gasteiger partial charge in [0.15, 0.2) is 6.17 Å². The van der Waals surface area contributed by atoms with E-state index in [0.717, 1.165) is 0 Å². The lowest BCUT2D eigenvalue weighted by atomic mass is 10.1. The van der Waals surface area contributed by atoms with Crippen LogP contribution in [0.25, 0.3) is 0 Å². The molecule has 0 aromatic rings. The fourth-order valence-corrected chi connectivity index (χ4v) is 0.806. The molecule has 0 saturated heterocycles. The van der Waals surface area contributed by atoms with Gasteiger partial charge in [-0.2, -0.15) is 0 Å². The van der Waals surface area contributed by atoms with Crippen LogP contribution in [0.15, 0.2) is 37.0 Å². The third-order valence-corrected chi connectivity index (χ3v) is 1.32. The van der Waals surface area contributed by atoms with Gasteiger partial charge in [-0.15, -0.1) is 6.58 Å². The molecule has 1 atom stereocenters. The van der Waals surface area contributed by atoms with Crippen molar-refractivity contribution in [2.75, 3.05) is 6.61 Å². The van der Waals surface area contributed by atoms with Crippen molar-refractivity contribution in [3.63, 3.8) is 0 Å². The summed E-state index contributed by atoms with van der Waals surface area (Å²) >= 11 is 0. The van der Waals surface area contributed by atoms with Gasteiger partial charge >= 0.3 is 0 Å². The number of rotatable bonds is 3. The van der Waals surface area contributed by atoms with Gasteiger partial charge < -0.3 is 4.74 Å². The van der Waals surface area contributed by atoms with Crippen molar-refractivity contribution >= 4 is 0 Å². The second kappa shape index (κ2) is 4.09. The van der Waals surface area contributed by atoms with Crippen LogP contribution in [0, 0.1) is 6.17 Å². The van der Waals surface area contributed by atoms with Crippen LogP contribution in [-0.4, -0.2) is 12.7 Å². The second-order valence-electron chi connectivity index (χ2n) is 2.17. The first-order chi connectivity index (χ1) is 5.34. The van der Waals surface area contributed by atoms with Crippen molar-refractivity contribution < 1.29 is 9.13 Å². The highest BCUT2D eigenvalue weighted by Gasteiger charge is 2.18. The highest BCUT2D eigenvalue weighted by Crippen LogP contribution is 2.18. The Morgan fingerprint density at radius 3 is 3.09 bits per heavy atom. The van der Waals surface area contributed by atoms with Crippen molar-refractivity contribution in [1.82, 2.24) is 0 Å². The summed E-state index contributed by atoms with van der Waals surface area (Å²) in [4.78, 5) is 0. The molecule has 1 rings (SSSR count). The molecule has 0 heterocycles. The molecule has 11 heavy (non-hydrogen) atoms. The predicted molar refractivity (Wildman–Crippen MR) is 42.6 cm³/mol. The maximum absolute atomic E-state index is 12.8. The van der Waals surface area contributed by atoms with Gasteiger partial charge in [0.05, 0.1) is 6.61 Å². The monoisotopic (exact) mass is 153 g/mol. The molecular formula is C9H10FO. The minimum absolute atomic E-state index is 0.255. The standard InChI is InChI=1S/C9H10FO/c1-2-7-11-9-6-4-3-5-8(9)10/h2-6,9H,1,7H2. The van der Waals surface area contributed by atoms with Crippen LogP contribution in [0.4, 0.5) is 4.39 Å². The van der Waals surface area contributed by atoms with E-state index in [2.05, 4.69) is 6.58 Å². The summed E-state index contributed by atoms with van der Waals surface area (Å²) in [6, 6.07) is 0. The summed E-state index contributed by atoms with van der Waals surface area (Å²) in [5.74, 6) is 0. The molecule has 0 aromatic heterocycles. The molecule has 0 N–H and O–H groups in total. The van der Waals surface area contributed by atoms with E-state index in [1.807, 2.05) is 0 Å². The number of hydrogen-bond acceptors (Lipinski definition) is 1. The molecule has 1 aliphatic carbocycles. The number of ether oxygens (including phenoxy) is 1. The lowest BCUT2D eigenvalue weighted by molar-refractivity contribution is 0.0983. The Morgan fingerprint density at radius 2 is 2.45 bits per heavy atom. The van der Waals surface area contributed by atoms with Crippen molar-refractivity contribution in [2.24, 2.45) is 0 Å². The van der Waals surface area contributed by atoms with Crippen LogP contribution >= 0.6 is 0 Å². The fraction of sp³-hybridized carbons (Fsp3) is 0.222. The molecule has 0 aromatic carbocycles. The molecule has 0 bridgehead atoms. The van der Waals surface area contributed by atoms with E-state index in [4.69, 9.17) is 4.74 Å². The second-order valence-corrected chi connectivity index (χ2v) is 2.17. The first-order valence-corrected chi connectivity index (χ1v) is 3.44. The maximum atomic E-state index is 12.8. The van der Waals surface area contributed by atoms with Crippen LogP contribution in [0.5, 0.6) is 0 Å². The largest absolute Gasteiger partial charge is 0.366 e. The molecule has 1 radical (unpaired) electrons. The molecule has 1 aliphatic rings. The zero-order chi connectivity index (χ0) is 8.10. The Labute approximate surface area is 65.9 Å². The fourth-order valence-electron chi connectivity index (χ4n) is 0.806. The van der Waals surface area contributed by atoms with Gasteiger partial charge in [-0.25, -0.2) is 4.39 Å². The third-order valence-electron chi connectivity index (χ3n) is 1.32. The third kappa shape index (κ3) is 2.31. The van der Waals surface area contributed by atoms with E-state index in [1.54, 1.807) is 24.3 Å². The Bertz CT molecular complexity index is 184. The van der Waals surface area contributed by atoms with Crippen LogP contribution in [0.1, 0.15) is 0 Å². The van der Waals surface area contributed by atoms with Gasteiger partial charge in [-0.1, -0.05) is 24.3 Å². The zero-order valence-corrected chi connectivity index (χ0v) is 6.16. The Morgan fingerprint density at radius 1 is 1.64 bits per heavy atom. The number of hydrogen-bond donors (Lipinski definition) is 0. The van der Waals surface area contributed by atoms with Gasteiger partial charge in [0.25, 0.3) is 0 Å². The minimum atomic E-state index is -0.516. The maximum Gasteiger partial charge on any atom is 0.199 e. The molecule has 1 unspecified atom stereocenters. The Balaban J connectivity index is 2.38. The topological polar surface area (TPSA) is 9.23 Å². The van der Waals surface area contributed by atoms with Gasteiger partial charge in [0, 0.05) is 0 Å². The number of halogens is 1. The van der Waals surface area contributed by atoms with Crippen molar-refractivity contribution in [3.8, 4) is 0 Å². The summed E-state index contributed by atoms with van der Waals surface area (Å²) in [6.07, 6.45) is 7.29. The van der Waals surface area contributed by atoms with Gasteiger partial charge in [0.1, 0.15) is 6.10 Å². The average molecular weight is 153 g/mol. The average Bonchev–Trinajstić information content (AvgIpc) is 2.03. The molecule has 0 fully saturated rings. The van der Waals surface area contributed by atoms with Crippen LogP contribution in [0.3, 0.4) is 0 Å². The first kappa shape index (κ1) is 8.21. The highest BCUT2D eigenvalue weighted by molar-refractivity contribution is 5.24. The summed E-state index contributed by atoms with van der Waals surface area (Å²) in [6.45, 7) is 3.84.